The minimum atomic E-state index is -0.140. The van der Waals surface area contributed by atoms with Crippen LogP contribution in [-0.2, 0) is 0 Å². The molecular formula is C23H28N4O2S. The zero-order valence-electron chi connectivity index (χ0n) is 17.6. The molecule has 1 amide bonds. The van der Waals surface area contributed by atoms with Gasteiger partial charge in [-0.05, 0) is 49.9 Å². The Labute approximate surface area is 181 Å². The number of carbonyl (C=O) groups excluding carboxylic acids is 1. The fourth-order valence-electron chi connectivity index (χ4n) is 3.39. The zero-order valence-corrected chi connectivity index (χ0v) is 18.4. The van der Waals surface area contributed by atoms with Gasteiger partial charge < -0.3 is 19.9 Å². The van der Waals surface area contributed by atoms with E-state index >= 15 is 0 Å². The number of likely N-dealkylation sites (N-methyl/N-ethyl adjacent to an activating group) is 1. The molecule has 158 valence electrons. The largest absolute Gasteiger partial charge is 0.494 e. The number of nitrogens with zero attached hydrogens (tertiary/aromatic N) is 3. The number of hydrogen-bond donors (Lipinski definition) is 1. The predicted molar refractivity (Wildman–Crippen MR) is 124 cm³/mol. The van der Waals surface area contributed by atoms with E-state index in [2.05, 4.69) is 29.1 Å². The molecule has 1 saturated heterocycles. The molecule has 0 aliphatic carbocycles. The number of benzene rings is 2. The third-order valence-electron chi connectivity index (χ3n) is 5.27. The van der Waals surface area contributed by atoms with Crippen molar-refractivity contribution < 1.29 is 9.53 Å². The maximum atomic E-state index is 12.7. The molecule has 6 nitrogen and oxygen atoms in total. The number of aromatic nitrogens is 1. The van der Waals surface area contributed by atoms with Crippen molar-refractivity contribution in [2.75, 3.05) is 50.1 Å². The highest BCUT2D eigenvalue weighted by Gasteiger charge is 2.18. The first-order chi connectivity index (χ1) is 14.6. The molecule has 30 heavy (non-hydrogen) atoms. The van der Waals surface area contributed by atoms with Crippen LogP contribution in [-0.4, -0.2) is 55.6 Å². The van der Waals surface area contributed by atoms with E-state index in [1.54, 1.807) is 23.5 Å². The summed E-state index contributed by atoms with van der Waals surface area (Å²) in [5.74, 6) is 0.588. The minimum absolute atomic E-state index is 0.140. The summed E-state index contributed by atoms with van der Waals surface area (Å²) in [5, 5.41) is 4.06. The van der Waals surface area contributed by atoms with Gasteiger partial charge in [-0.15, -0.1) is 0 Å². The standard InChI is InChI=1S/C23H28N4O2S/c1-3-4-14-29-19-7-5-6-17(15-19)22(28)24-18-8-9-20-21(16-18)30-23(25-20)27-12-10-26(2)11-13-27/h5-9,15-16H,3-4,10-14H2,1-2H3,(H,24,28). The molecule has 3 aromatic rings. The summed E-state index contributed by atoms with van der Waals surface area (Å²) < 4.78 is 6.80. The second-order valence-electron chi connectivity index (χ2n) is 7.65. The summed E-state index contributed by atoms with van der Waals surface area (Å²) in [6.45, 7) is 6.89. The molecule has 4 rings (SSSR count). The number of thiazole rings is 1. The van der Waals surface area contributed by atoms with Crippen LogP contribution in [0.5, 0.6) is 5.75 Å². The maximum absolute atomic E-state index is 12.7. The van der Waals surface area contributed by atoms with Gasteiger partial charge in [0.1, 0.15) is 5.75 Å². The summed E-state index contributed by atoms with van der Waals surface area (Å²) in [6.07, 6.45) is 2.08. The smallest absolute Gasteiger partial charge is 0.255 e. The Bertz CT molecular complexity index is 1010. The minimum Gasteiger partial charge on any atom is -0.494 e. The molecule has 1 fully saturated rings. The van der Waals surface area contributed by atoms with Gasteiger partial charge in [0.05, 0.1) is 16.8 Å². The summed E-state index contributed by atoms with van der Waals surface area (Å²) in [5.41, 5.74) is 2.34. The lowest BCUT2D eigenvalue weighted by atomic mass is 10.2. The number of anilines is 2. The van der Waals surface area contributed by atoms with Crippen molar-refractivity contribution in [1.29, 1.82) is 0 Å². The van der Waals surface area contributed by atoms with E-state index in [0.717, 1.165) is 65.8 Å². The fraction of sp³-hybridized carbons (Fsp3) is 0.391. The number of carbonyl (C=O) groups is 1. The lowest BCUT2D eigenvalue weighted by Gasteiger charge is -2.31. The van der Waals surface area contributed by atoms with Crippen molar-refractivity contribution in [3.63, 3.8) is 0 Å². The number of amides is 1. The third-order valence-corrected chi connectivity index (χ3v) is 6.35. The number of ether oxygens (including phenoxy) is 1. The molecule has 1 aliphatic rings. The van der Waals surface area contributed by atoms with Crippen LogP contribution in [0.15, 0.2) is 42.5 Å². The Kier molecular flexibility index (Phi) is 6.50. The molecule has 1 aromatic heterocycles. The molecule has 0 atom stereocenters. The van der Waals surface area contributed by atoms with Gasteiger partial charge in [0, 0.05) is 37.4 Å². The Balaban J connectivity index is 1.44. The molecule has 0 saturated carbocycles. The number of piperazine rings is 1. The molecule has 2 aromatic carbocycles. The monoisotopic (exact) mass is 424 g/mol. The first kappa shape index (κ1) is 20.6. The number of fused-ring (bicyclic) bond motifs is 1. The molecular weight excluding hydrogens is 396 g/mol. The van der Waals surface area contributed by atoms with Crippen molar-refractivity contribution in [3.05, 3.63) is 48.0 Å². The fourth-order valence-corrected chi connectivity index (χ4v) is 4.44. The second-order valence-corrected chi connectivity index (χ2v) is 8.66. The van der Waals surface area contributed by atoms with Crippen LogP contribution < -0.4 is 15.0 Å². The highest BCUT2D eigenvalue weighted by atomic mass is 32.1. The number of rotatable bonds is 7. The van der Waals surface area contributed by atoms with Gasteiger partial charge in [0.2, 0.25) is 0 Å². The van der Waals surface area contributed by atoms with Crippen molar-refractivity contribution in [2.45, 2.75) is 19.8 Å². The van der Waals surface area contributed by atoms with Crippen molar-refractivity contribution >= 4 is 38.3 Å². The van der Waals surface area contributed by atoms with Gasteiger partial charge in [0.15, 0.2) is 5.13 Å². The molecule has 0 radical (unpaired) electrons. The van der Waals surface area contributed by atoms with Crippen LogP contribution in [0, 0.1) is 0 Å². The van der Waals surface area contributed by atoms with Gasteiger partial charge in [-0.1, -0.05) is 30.7 Å². The second kappa shape index (κ2) is 9.45. The zero-order chi connectivity index (χ0) is 20.9. The summed E-state index contributed by atoms with van der Waals surface area (Å²) in [7, 11) is 2.15. The Morgan fingerprint density at radius 3 is 2.80 bits per heavy atom. The van der Waals surface area contributed by atoms with Crippen molar-refractivity contribution in [3.8, 4) is 5.75 Å². The molecule has 7 heteroatoms. The topological polar surface area (TPSA) is 57.7 Å². The first-order valence-corrected chi connectivity index (χ1v) is 11.3. The summed E-state index contributed by atoms with van der Waals surface area (Å²) in [6, 6.07) is 13.2. The maximum Gasteiger partial charge on any atom is 0.255 e. The number of hydrogen-bond acceptors (Lipinski definition) is 6. The SMILES string of the molecule is CCCCOc1cccc(C(=O)Nc2ccc3nc(N4CCN(C)CC4)sc3c2)c1. The first-order valence-electron chi connectivity index (χ1n) is 10.5. The number of unbranched alkanes of at least 4 members (excludes halogenated alkanes) is 1. The van der Waals surface area contributed by atoms with Crippen LogP contribution in [0.3, 0.4) is 0 Å². The van der Waals surface area contributed by atoms with Gasteiger partial charge >= 0.3 is 0 Å². The molecule has 0 spiro atoms. The van der Waals surface area contributed by atoms with Gasteiger partial charge in [-0.2, -0.15) is 0 Å². The van der Waals surface area contributed by atoms with Gasteiger partial charge in [0.25, 0.3) is 5.91 Å². The van der Waals surface area contributed by atoms with E-state index in [0.29, 0.717) is 12.2 Å². The quantitative estimate of drug-likeness (QED) is 0.567. The lowest BCUT2D eigenvalue weighted by molar-refractivity contribution is 0.102. The van der Waals surface area contributed by atoms with E-state index in [1.807, 2.05) is 30.3 Å². The Morgan fingerprint density at radius 1 is 1.17 bits per heavy atom. The number of nitrogens with one attached hydrogen (secondary N) is 1. The normalized spacial score (nSPS) is 14.8. The average Bonchev–Trinajstić information content (AvgIpc) is 3.18. The van der Waals surface area contributed by atoms with E-state index in [1.165, 1.54) is 0 Å². The van der Waals surface area contributed by atoms with Crippen LogP contribution >= 0.6 is 11.3 Å². The highest BCUT2D eigenvalue weighted by molar-refractivity contribution is 7.22. The molecule has 0 unspecified atom stereocenters. The molecule has 1 N–H and O–H groups in total. The van der Waals surface area contributed by atoms with E-state index in [-0.39, 0.29) is 5.91 Å². The van der Waals surface area contributed by atoms with Crippen LogP contribution in [0.25, 0.3) is 10.2 Å². The molecule has 1 aliphatic heterocycles. The third kappa shape index (κ3) is 4.91. The van der Waals surface area contributed by atoms with Gasteiger partial charge in [-0.3, -0.25) is 4.79 Å². The lowest BCUT2D eigenvalue weighted by Crippen LogP contribution is -2.44. The van der Waals surface area contributed by atoms with E-state index in [9.17, 15) is 4.79 Å². The predicted octanol–water partition coefficient (Wildman–Crippen LogP) is 4.48. The van der Waals surface area contributed by atoms with E-state index < -0.39 is 0 Å². The van der Waals surface area contributed by atoms with Crippen molar-refractivity contribution in [2.24, 2.45) is 0 Å². The Hall–Kier alpha value is -2.64. The summed E-state index contributed by atoms with van der Waals surface area (Å²) >= 11 is 1.68. The summed E-state index contributed by atoms with van der Waals surface area (Å²) in [4.78, 5) is 22.2. The average molecular weight is 425 g/mol. The van der Waals surface area contributed by atoms with Gasteiger partial charge in [-0.25, -0.2) is 4.98 Å². The molecule has 2 heterocycles. The Morgan fingerprint density at radius 2 is 2.00 bits per heavy atom. The van der Waals surface area contributed by atoms with E-state index in [4.69, 9.17) is 9.72 Å². The van der Waals surface area contributed by atoms with Crippen LogP contribution in [0.1, 0.15) is 30.1 Å². The highest BCUT2D eigenvalue weighted by Crippen LogP contribution is 2.31. The van der Waals surface area contributed by atoms with Crippen LogP contribution in [0.2, 0.25) is 0 Å². The molecule has 0 bridgehead atoms. The van der Waals surface area contributed by atoms with Crippen LogP contribution in [0.4, 0.5) is 10.8 Å². The van der Waals surface area contributed by atoms with Crippen molar-refractivity contribution in [1.82, 2.24) is 9.88 Å².